The van der Waals surface area contributed by atoms with E-state index in [0.717, 1.165) is 23.1 Å². The van der Waals surface area contributed by atoms with Crippen molar-refractivity contribution in [2.75, 3.05) is 20.6 Å². The standard InChI is InChI=1S/C12H15N3O3S3/c1-4-15-11(16)9(8-14(2)3)20-12(15)13-21(17,18)10-6-5-7-19-10/h5-8H,4H2,1-3H3/b9-8+,13-12+. The molecule has 1 aliphatic rings. The molecular weight excluding hydrogens is 330 g/mol. The van der Waals surface area contributed by atoms with Gasteiger partial charge in [-0.2, -0.15) is 8.42 Å². The van der Waals surface area contributed by atoms with Gasteiger partial charge in [0.15, 0.2) is 5.17 Å². The Balaban J connectivity index is 2.39. The van der Waals surface area contributed by atoms with E-state index in [-0.39, 0.29) is 15.3 Å². The van der Waals surface area contributed by atoms with Crippen molar-refractivity contribution in [3.05, 3.63) is 28.6 Å². The van der Waals surface area contributed by atoms with Gasteiger partial charge in [-0.05, 0) is 30.1 Å². The zero-order chi connectivity index (χ0) is 15.6. The summed E-state index contributed by atoms with van der Waals surface area (Å²) >= 11 is 2.18. The largest absolute Gasteiger partial charge is 0.382 e. The number of hydrogen-bond donors (Lipinski definition) is 0. The van der Waals surface area contributed by atoms with Crippen molar-refractivity contribution in [3.63, 3.8) is 0 Å². The number of nitrogens with zero attached hydrogens (tertiary/aromatic N) is 3. The zero-order valence-electron chi connectivity index (χ0n) is 11.8. The van der Waals surface area contributed by atoms with Crippen LogP contribution in [0.1, 0.15) is 6.92 Å². The van der Waals surface area contributed by atoms with Crippen LogP contribution in [0.25, 0.3) is 0 Å². The maximum absolute atomic E-state index is 12.2. The average Bonchev–Trinajstić information content (AvgIpc) is 2.99. The number of amidine groups is 1. The first-order valence-electron chi connectivity index (χ1n) is 6.11. The van der Waals surface area contributed by atoms with E-state index in [1.807, 2.05) is 0 Å². The van der Waals surface area contributed by atoms with Crippen LogP contribution in [0.3, 0.4) is 0 Å². The molecule has 1 aliphatic heterocycles. The Morgan fingerprint density at radius 3 is 2.67 bits per heavy atom. The second-order valence-corrected chi connectivity index (χ2v) is 8.18. The van der Waals surface area contributed by atoms with Gasteiger partial charge in [-0.25, -0.2) is 0 Å². The number of thiophene rings is 1. The second-order valence-electron chi connectivity index (χ2n) is 4.39. The van der Waals surface area contributed by atoms with Crippen molar-refractivity contribution in [1.82, 2.24) is 9.80 Å². The maximum Gasteiger partial charge on any atom is 0.294 e. The second kappa shape index (κ2) is 6.20. The molecule has 21 heavy (non-hydrogen) atoms. The summed E-state index contributed by atoms with van der Waals surface area (Å²) in [7, 11) is -0.167. The summed E-state index contributed by atoms with van der Waals surface area (Å²) in [6, 6.07) is 3.15. The Bertz CT molecular complexity index is 691. The Hall–Kier alpha value is -1.32. The lowest BCUT2D eigenvalue weighted by Gasteiger charge is -2.11. The van der Waals surface area contributed by atoms with Crippen LogP contribution in [0, 0.1) is 0 Å². The molecule has 0 atom stereocenters. The third kappa shape index (κ3) is 3.47. The van der Waals surface area contributed by atoms with Crippen LogP contribution in [0.5, 0.6) is 0 Å². The fraction of sp³-hybridized carbons (Fsp3) is 0.333. The Kier molecular flexibility index (Phi) is 4.74. The number of thioether (sulfide) groups is 1. The van der Waals surface area contributed by atoms with Crippen LogP contribution >= 0.6 is 23.1 Å². The van der Waals surface area contributed by atoms with Crippen LogP contribution in [-0.2, 0) is 14.8 Å². The van der Waals surface area contributed by atoms with Crippen molar-refractivity contribution >= 4 is 44.2 Å². The first kappa shape index (κ1) is 16.1. The third-order valence-electron chi connectivity index (χ3n) is 2.53. The van der Waals surface area contributed by atoms with Gasteiger partial charge < -0.3 is 4.90 Å². The van der Waals surface area contributed by atoms with Crippen LogP contribution < -0.4 is 0 Å². The van der Waals surface area contributed by atoms with E-state index in [2.05, 4.69) is 4.40 Å². The lowest BCUT2D eigenvalue weighted by atomic mass is 10.4. The summed E-state index contributed by atoms with van der Waals surface area (Å²) in [5.74, 6) is -0.226. The Labute approximate surface area is 132 Å². The van der Waals surface area contributed by atoms with Gasteiger partial charge >= 0.3 is 0 Å². The molecule has 2 heterocycles. The molecule has 1 saturated heterocycles. The molecule has 0 spiro atoms. The third-order valence-corrected chi connectivity index (χ3v) is 6.28. The Morgan fingerprint density at radius 1 is 1.43 bits per heavy atom. The van der Waals surface area contributed by atoms with E-state index >= 15 is 0 Å². The monoisotopic (exact) mass is 345 g/mol. The molecule has 1 aromatic heterocycles. The van der Waals surface area contributed by atoms with Crippen LogP contribution in [0.2, 0.25) is 0 Å². The molecule has 1 aromatic rings. The van der Waals surface area contributed by atoms with E-state index in [4.69, 9.17) is 0 Å². The number of carbonyl (C=O) groups is 1. The van der Waals surface area contributed by atoms with Crippen molar-refractivity contribution in [2.24, 2.45) is 4.40 Å². The first-order valence-corrected chi connectivity index (χ1v) is 9.25. The van der Waals surface area contributed by atoms with Crippen molar-refractivity contribution < 1.29 is 13.2 Å². The molecular formula is C12H15N3O3S3. The summed E-state index contributed by atoms with van der Waals surface area (Å²) in [5, 5.41) is 1.87. The highest BCUT2D eigenvalue weighted by Gasteiger charge is 2.34. The number of likely N-dealkylation sites (N-methyl/N-ethyl adjacent to an activating group) is 1. The fourth-order valence-corrected chi connectivity index (χ4v) is 4.92. The average molecular weight is 345 g/mol. The van der Waals surface area contributed by atoms with Crippen LogP contribution in [-0.4, -0.2) is 49.9 Å². The molecule has 9 heteroatoms. The molecule has 0 saturated carbocycles. The van der Waals surface area contributed by atoms with Crippen LogP contribution in [0.4, 0.5) is 0 Å². The Morgan fingerprint density at radius 2 is 2.14 bits per heavy atom. The number of sulfonamides is 1. The van der Waals surface area contributed by atoms with Gasteiger partial charge in [0.1, 0.15) is 4.21 Å². The van der Waals surface area contributed by atoms with E-state index in [0.29, 0.717) is 11.4 Å². The molecule has 0 aromatic carbocycles. The van der Waals surface area contributed by atoms with Gasteiger partial charge in [-0.15, -0.1) is 15.7 Å². The molecule has 0 unspecified atom stereocenters. The minimum Gasteiger partial charge on any atom is -0.382 e. The number of rotatable bonds is 4. The first-order chi connectivity index (χ1) is 9.85. The minimum absolute atomic E-state index is 0.171. The highest BCUT2D eigenvalue weighted by atomic mass is 32.2. The molecule has 0 aliphatic carbocycles. The van der Waals surface area contributed by atoms with E-state index in [1.165, 1.54) is 11.0 Å². The minimum atomic E-state index is -3.77. The van der Waals surface area contributed by atoms with Gasteiger partial charge in [0.2, 0.25) is 0 Å². The van der Waals surface area contributed by atoms with Gasteiger partial charge in [0.25, 0.3) is 15.9 Å². The molecule has 1 fully saturated rings. The quantitative estimate of drug-likeness (QED) is 0.778. The van der Waals surface area contributed by atoms with E-state index in [1.54, 1.807) is 43.6 Å². The van der Waals surface area contributed by atoms with Crippen molar-refractivity contribution in [1.29, 1.82) is 0 Å². The number of hydrogen-bond acceptors (Lipinski definition) is 6. The highest BCUT2D eigenvalue weighted by Crippen LogP contribution is 2.32. The highest BCUT2D eigenvalue weighted by molar-refractivity contribution is 8.19. The lowest BCUT2D eigenvalue weighted by Crippen LogP contribution is -2.29. The SMILES string of the molecule is CCN1C(=O)/C(=C\N(C)C)S/C1=N/S(=O)(=O)c1cccs1. The van der Waals surface area contributed by atoms with Gasteiger partial charge in [-0.3, -0.25) is 9.69 Å². The van der Waals surface area contributed by atoms with Crippen molar-refractivity contribution in [2.45, 2.75) is 11.1 Å². The van der Waals surface area contributed by atoms with E-state index < -0.39 is 10.0 Å². The summed E-state index contributed by atoms with van der Waals surface area (Å²) in [4.78, 5) is 15.8. The molecule has 1 amide bonds. The maximum atomic E-state index is 12.2. The fourth-order valence-electron chi connectivity index (χ4n) is 1.64. The topological polar surface area (TPSA) is 70.1 Å². The van der Waals surface area contributed by atoms with Crippen LogP contribution in [0.15, 0.2) is 37.2 Å². The summed E-state index contributed by atoms with van der Waals surface area (Å²) in [6.45, 7) is 2.15. The smallest absolute Gasteiger partial charge is 0.294 e. The number of carbonyl (C=O) groups excluding carboxylic acids is 1. The molecule has 0 radical (unpaired) electrons. The summed E-state index contributed by atoms with van der Waals surface area (Å²) < 4.78 is 28.4. The van der Waals surface area contributed by atoms with Gasteiger partial charge in [0.05, 0.1) is 4.91 Å². The van der Waals surface area contributed by atoms with E-state index in [9.17, 15) is 13.2 Å². The molecule has 2 rings (SSSR count). The summed E-state index contributed by atoms with van der Waals surface area (Å²) in [6.07, 6.45) is 1.66. The predicted molar refractivity (Wildman–Crippen MR) is 85.7 cm³/mol. The number of amides is 1. The molecule has 6 nitrogen and oxygen atoms in total. The summed E-state index contributed by atoms with van der Waals surface area (Å²) in [5.41, 5.74) is 0. The molecule has 0 bridgehead atoms. The molecule has 114 valence electrons. The zero-order valence-corrected chi connectivity index (χ0v) is 14.3. The van der Waals surface area contributed by atoms with Gasteiger partial charge in [0, 0.05) is 26.8 Å². The predicted octanol–water partition coefficient (Wildman–Crippen LogP) is 1.79. The van der Waals surface area contributed by atoms with Gasteiger partial charge in [-0.1, -0.05) is 6.07 Å². The van der Waals surface area contributed by atoms with Crippen molar-refractivity contribution in [3.8, 4) is 0 Å². The lowest BCUT2D eigenvalue weighted by molar-refractivity contribution is -0.122. The molecule has 0 N–H and O–H groups in total. The normalized spacial score (nSPS) is 19.8.